The van der Waals surface area contributed by atoms with E-state index in [-0.39, 0.29) is 0 Å². The first-order valence-electron chi connectivity index (χ1n) is 8.87. The number of aromatic nitrogens is 1. The van der Waals surface area contributed by atoms with E-state index >= 15 is 0 Å². The summed E-state index contributed by atoms with van der Waals surface area (Å²) in [7, 11) is -1.28. The quantitative estimate of drug-likeness (QED) is 0.266. The number of rotatable bonds is 9. The number of carbonyl (C=O) groups excluding carboxylic acids is 1. The van der Waals surface area contributed by atoms with Crippen molar-refractivity contribution < 1.29 is 18.4 Å². The van der Waals surface area contributed by atoms with E-state index in [0.717, 1.165) is 16.6 Å². The molecule has 0 aliphatic carbocycles. The summed E-state index contributed by atoms with van der Waals surface area (Å²) in [6, 6.07) is 9.99. The molecule has 7 nitrogen and oxygen atoms in total. The van der Waals surface area contributed by atoms with Gasteiger partial charge in [0, 0.05) is 14.3 Å². The lowest BCUT2D eigenvalue weighted by molar-refractivity contribution is -0.137. The van der Waals surface area contributed by atoms with Crippen LogP contribution in [0, 0.1) is 0 Å². The highest BCUT2D eigenvalue weighted by Gasteiger charge is 2.39. The molecule has 2 aromatic rings. The predicted molar refractivity (Wildman–Crippen MR) is 117 cm³/mol. The van der Waals surface area contributed by atoms with Gasteiger partial charge in [0.1, 0.15) is 10.5 Å². The molecular formula is C18H27N3O4S2Si. The molecular weight excluding hydrogens is 414 g/mol. The molecule has 0 fully saturated rings. The zero-order valence-corrected chi connectivity index (χ0v) is 19.4. The summed E-state index contributed by atoms with van der Waals surface area (Å²) in [5, 5.41) is 0.490. The van der Waals surface area contributed by atoms with Crippen LogP contribution in [0.3, 0.4) is 0 Å². The summed E-state index contributed by atoms with van der Waals surface area (Å²) < 4.78 is 23.1. The van der Waals surface area contributed by atoms with Gasteiger partial charge in [-0.3, -0.25) is 19.2 Å². The zero-order chi connectivity index (χ0) is 20.9. The van der Waals surface area contributed by atoms with E-state index in [1.807, 2.05) is 24.3 Å². The maximum absolute atomic E-state index is 12.7. The molecule has 0 saturated heterocycles. The maximum Gasteiger partial charge on any atom is 0.269 e. The van der Waals surface area contributed by atoms with Crippen molar-refractivity contribution in [1.82, 2.24) is 10.5 Å². The Morgan fingerprint density at radius 2 is 2.04 bits per heavy atom. The van der Waals surface area contributed by atoms with Crippen LogP contribution in [-0.2, 0) is 20.9 Å². The average Bonchev–Trinajstić information content (AvgIpc) is 3.07. The van der Waals surface area contributed by atoms with Crippen LogP contribution in [0.1, 0.15) is 13.8 Å². The number of pyridine rings is 1. The van der Waals surface area contributed by atoms with E-state index in [4.69, 9.17) is 4.84 Å². The average molecular weight is 442 g/mol. The Morgan fingerprint density at radius 3 is 2.61 bits per heavy atom. The van der Waals surface area contributed by atoms with Crippen molar-refractivity contribution in [2.24, 2.45) is 0 Å². The van der Waals surface area contributed by atoms with Gasteiger partial charge in [0.25, 0.3) is 17.2 Å². The number of anilines is 1. The van der Waals surface area contributed by atoms with Gasteiger partial charge in [-0.2, -0.15) is 0 Å². The minimum absolute atomic E-state index is 0.419. The molecule has 1 atom stereocenters. The Balaban J connectivity index is 2.14. The number of carbonyl (C=O) groups is 1. The fourth-order valence-electron chi connectivity index (χ4n) is 2.32. The van der Waals surface area contributed by atoms with E-state index in [2.05, 4.69) is 30.1 Å². The number of hydrogen-bond acceptors (Lipinski definition) is 5. The number of amides is 1. The molecule has 10 heteroatoms. The largest absolute Gasteiger partial charge is 0.289 e. The molecule has 0 aromatic carbocycles. The third kappa shape index (κ3) is 5.95. The zero-order valence-electron chi connectivity index (χ0n) is 16.8. The summed E-state index contributed by atoms with van der Waals surface area (Å²) >= 11 is -1.10. The number of hydrogen-bond donors (Lipinski definition) is 2. The molecule has 2 rings (SSSR count). The Bertz CT molecular complexity index is 822. The Hall–Kier alpha value is -1.59. The van der Waals surface area contributed by atoms with E-state index in [0.29, 0.717) is 11.6 Å². The van der Waals surface area contributed by atoms with Crippen LogP contribution in [0.2, 0.25) is 25.7 Å². The van der Waals surface area contributed by atoms with Gasteiger partial charge in [-0.25, -0.2) is 14.0 Å². The minimum Gasteiger partial charge on any atom is -0.289 e. The number of nitrogens with zero attached hydrogens (tertiary/aromatic N) is 2. The van der Waals surface area contributed by atoms with Gasteiger partial charge >= 0.3 is 0 Å². The van der Waals surface area contributed by atoms with Crippen molar-refractivity contribution in [1.29, 1.82) is 0 Å². The van der Waals surface area contributed by atoms with Gasteiger partial charge in [-0.1, -0.05) is 25.7 Å². The summed E-state index contributed by atoms with van der Waals surface area (Å²) in [4.78, 5) is 23.1. The second-order valence-corrected chi connectivity index (χ2v) is 15.5. The lowest BCUT2D eigenvalue weighted by Crippen LogP contribution is -2.55. The molecule has 0 bridgehead atoms. The fraction of sp³-hybridized carbons (Fsp3) is 0.444. The highest BCUT2D eigenvalue weighted by Crippen LogP contribution is 2.36. The van der Waals surface area contributed by atoms with Gasteiger partial charge in [0.2, 0.25) is 0 Å². The van der Waals surface area contributed by atoms with E-state index in [1.165, 1.54) is 15.6 Å². The molecule has 28 heavy (non-hydrogen) atoms. The third-order valence-corrected chi connectivity index (χ3v) is 7.93. The molecule has 0 radical (unpaired) electrons. The maximum atomic E-state index is 12.7. The number of nitrogens with one attached hydrogen (secondary N) is 1. The molecule has 0 aliphatic rings. The van der Waals surface area contributed by atoms with Crippen LogP contribution in [0.5, 0.6) is 0 Å². The SMILES string of the molecule is CC(C)(C(=O)NOCC[Si](C)(C)C)N(c1ccc(-c2ccccn2)s1)S(=O)O. The number of thiophene rings is 1. The third-order valence-electron chi connectivity index (χ3n) is 4.05. The van der Waals surface area contributed by atoms with Gasteiger partial charge < -0.3 is 0 Å². The molecule has 154 valence electrons. The summed E-state index contributed by atoms with van der Waals surface area (Å²) in [5.74, 6) is -0.488. The Kier molecular flexibility index (Phi) is 7.51. The van der Waals surface area contributed by atoms with Crippen LogP contribution >= 0.6 is 11.3 Å². The van der Waals surface area contributed by atoms with Gasteiger partial charge in [0.15, 0.2) is 0 Å². The second kappa shape index (κ2) is 9.27. The van der Waals surface area contributed by atoms with Crippen LogP contribution in [-0.4, -0.2) is 39.9 Å². The molecule has 2 heterocycles. The van der Waals surface area contributed by atoms with Crippen LogP contribution in [0.25, 0.3) is 10.6 Å². The van der Waals surface area contributed by atoms with Crippen molar-refractivity contribution in [3.8, 4) is 10.6 Å². The molecule has 0 spiro atoms. The molecule has 2 N–H and O–H groups in total. The normalized spacial score (nSPS) is 13.2. The monoisotopic (exact) mass is 441 g/mol. The molecule has 1 amide bonds. The highest BCUT2D eigenvalue weighted by molar-refractivity contribution is 7.81. The first-order valence-corrected chi connectivity index (χ1v) is 14.5. The summed E-state index contributed by atoms with van der Waals surface area (Å²) in [6.45, 7) is 10.2. The first kappa shape index (κ1) is 22.7. The van der Waals surface area contributed by atoms with Crippen molar-refractivity contribution in [3.05, 3.63) is 36.5 Å². The lowest BCUT2D eigenvalue weighted by atomic mass is 10.1. The van der Waals surface area contributed by atoms with Crippen molar-refractivity contribution in [2.75, 3.05) is 10.9 Å². The summed E-state index contributed by atoms with van der Waals surface area (Å²) in [5.41, 5.74) is 1.89. The van der Waals surface area contributed by atoms with E-state index in [9.17, 15) is 13.6 Å². The number of hydroxylamine groups is 1. The Morgan fingerprint density at radius 1 is 1.32 bits per heavy atom. The standard InChI is InChI=1S/C18H27N3O4S2Si/c1-18(2,17(22)20-25-12-13-28(3,4)5)21(27(23)24)16-10-9-15(26-16)14-8-6-7-11-19-14/h6-11H,12-13H2,1-5H3,(H,20,22)(H,23,24). The fourth-order valence-corrected chi connectivity index (χ4v) is 5.06. The Labute approximate surface area is 173 Å². The van der Waals surface area contributed by atoms with Gasteiger partial charge in [0.05, 0.1) is 17.2 Å². The highest BCUT2D eigenvalue weighted by atomic mass is 32.2. The van der Waals surface area contributed by atoms with Crippen molar-refractivity contribution >= 4 is 41.6 Å². The van der Waals surface area contributed by atoms with Crippen molar-refractivity contribution in [3.63, 3.8) is 0 Å². The predicted octanol–water partition coefficient (Wildman–Crippen LogP) is 3.92. The molecule has 1 unspecified atom stereocenters. The van der Waals surface area contributed by atoms with Crippen LogP contribution in [0.4, 0.5) is 5.00 Å². The van der Waals surface area contributed by atoms with Crippen LogP contribution < -0.4 is 9.79 Å². The lowest BCUT2D eigenvalue weighted by Gasteiger charge is -2.34. The van der Waals surface area contributed by atoms with Gasteiger partial charge in [-0.15, -0.1) is 11.3 Å². The molecule has 0 aliphatic heterocycles. The smallest absolute Gasteiger partial charge is 0.269 e. The minimum atomic E-state index is -2.40. The van der Waals surface area contributed by atoms with E-state index in [1.54, 1.807) is 26.1 Å². The van der Waals surface area contributed by atoms with E-state index < -0.39 is 30.8 Å². The summed E-state index contributed by atoms with van der Waals surface area (Å²) in [6.07, 6.45) is 1.69. The van der Waals surface area contributed by atoms with Gasteiger partial charge in [-0.05, 0) is 44.2 Å². The van der Waals surface area contributed by atoms with Crippen molar-refractivity contribution in [2.45, 2.75) is 45.1 Å². The topological polar surface area (TPSA) is 91.8 Å². The second-order valence-electron chi connectivity index (χ2n) is 8.03. The molecule has 2 aromatic heterocycles. The van der Waals surface area contributed by atoms with Crippen LogP contribution in [0.15, 0.2) is 36.5 Å². The molecule has 0 saturated carbocycles. The first-order chi connectivity index (χ1) is 13.0.